The van der Waals surface area contributed by atoms with Gasteiger partial charge in [-0.3, -0.25) is 10.1 Å². The summed E-state index contributed by atoms with van der Waals surface area (Å²) in [5.74, 6) is 0.472. The molecular formula is C13H15N5O2. The smallest absolute Gasteiger partial charge is 0.311 e. The van der Waals surface area contributed by atoms with Gasteiger partial charge in [-0.2, -0.15) is 0 Å². The number of imidazole rings is 1. The van der Waals surface area contributed by atoms with E-state index >= 15 is 0 Å². The third-order valence-electron chi connectivity index (χ3n) is 3.59. The van der Waals surface area contributed by atoms with Crippen molar-refractivity contribution in [2.75, 3.05) is 11.4 Å². The van der Waals surface area contributed by atoms with E-state index in [2.05, 4.69) is 9.97 Å². The van der Waals surface area contributed by atoms with Gasteiger partial charge in [0.15, 0.2) is 0 Å². The Bertz CT molecular complexity index is 599. The molecule has 7 heteroatoms. The topological polar surface area (TPSA) is 77.1 Å². The first-order valence-electron chi connectivity index (χ1n) is 6.57. The quantitative estimate of drug-likeness (QED) is 0.627. The Morgan fingerprint density at radius 2 is 2.35 bits per heavy atom. The Morgan fingerprint density at radius 1 is 1.45 bits per heavy atom. The number of hydrogen-bond acceptors (Lipinski definition) is 5. The van der Waals surface area contributed by atoms with Gasteiger partial charge in [0, 0.05) is 43.8 Å². The largest absolute Gasteiger partial charge is 0.346 e. The predicted molar refractivity (Wildman–Crippen MR) is 73.5 cm³/mol. The molecule has 0 N–H and O–H groups in total. The van der Waals surface area contributed by atoms with Crippen LogP contribution in [0.5, 0.6) is 0 Å². The second kappa shape index (κ2) is 5.28. The van der Waals surface area contributed by atoms with E-state index < -0.39 is 0 Å². The van der Waals surface area contributed by atoms with Crippen LogP contribution in [0.4, 0.5) is 11.5 Å². The predicted octanol–water partition coefficient (Wildman–Crippen LogP) is 1.86. The van der Waals surface area contributed by atoms with E-state index in [1.54, 1.807) is 24.8 Å². The summed E-state index contributed by atoms with van der Waals surface area (Å²) in [6, 6.07) is 3.33. The lowest BCUT2D eigenvalue weighted by Crippen LogP contribution is -2.33. The maximum atomic E-state index is 11.1. The minimum Gasteiger partial charge on any atom is -0.346 e. The molecule has 1 saturated heterocycles. The molecule has 0 amide bonds. The van der Waals surface area contributed by atoms with E-state index in [1.807, 2.05) is 15.7 Å². The van der Waals surface area contributed by atoms with Gasteiger partial charge in [-0.25, -0.2) is 9.97 Å². The first kappa shape index (κ1) is 12.6. The number of anilines is 1. The van der Waals surface area contributed by atoms with Crippen molar-refractivity contribution < 1.29 is 4.92 Å². The minimum atomic E-state index is -0.366. The Hall–Kier alpha value is -2.44. The Morgan fingerprint density at radius 3 is 3.10 bits per heavy atom. The Kier molecular flexibility index (Phi) is 3.32. The molecule has 0 spiro atoms. The van der Waals surface area contributed by atoms with Gasteiger partial charge in [0.1, 0.15) is 0 Å². The lowest BCUT2D eigenvalue weighted by molar-refractivity contribution is -0.384. The molecule has 3 rings (SSSR count). The summed E-state index contributed by atoms with van der Waals surface area (Å²) >= 11 is 0. The van der Waals surface area contributed by atoms with Crippen LogP contribution in [0.15, 0.2) is 37.1 Å². The third-order valence-corrected chi connectivity index (χ3v) is 3.59. The van der Waals surface area contributed by atoms with Crippen LogP contribution < -0.4 is 4.90 Å². The van der Waals surface area contributed by atoms with Crippen LogP contribution in [-0.2, 0) is 6.54 Å². The normalized spacial score (nSPS) is 18.4. The number of rotatable bonds is 4. The number of hydrogen-bond donors (Lipinski definition) is 0. The molecule has 2 aromatic heterocycles. The molecule has 1 atom stereocenters. The molecule has 1 unspecified atom stereocenters. The molecule has 1 fully saturated rings. The maximum absolute atomic E-state index is 11.1. The van der Waals surface area contributed by atoms with Crippen LogP contribution in [0.25, 0.3) is 0 Å². The highest BCUT2D eigenvalue weighted by atomic mass is 16.6. The summed E-state index contributed by atoms with van der Waals surface area (Å²) in [4.78, 5) is 21.0. The molecule has 1 aliphatic heterocycles. The highest BCUT2D eigenvalue weighted by Crippen LogP contribution is 2.31. The summed E-state index contributed by atoms with van der Waals surface area (Å²) in [5.41, 5.74) is 0.0741. The van der Waals surface area contributed by atoms with Crippen molar-refractivity contribution in [1.29, 1.82) is 0 Å². The van der Waals surface area contributed by atoms with Crippen LogP contribution in [0.1, 0.15) is 12.8 Å². The average molecular weight is 273 g/mol. The molecule has 20 heavy (non-hydrogen) atoms. The second-order valence-corrected chi connectivity index (χ2v) is 4.85. The second-order valence-electron chi connectivity index (χ2n) is 4.85. The van der Waals surface area contributed by atoms with Gasteiger partial charge in [-0.1, -0.05) is 0 Å². The van der Waals surface area contributed by atoms with Gasteiger partial charge < -0.3 is 9.47 Å². The third kappa shape index (κ3) is 2.34. The van der Waals surface area contributed by atoms with E-state index in [1.165, 1.54) is 6.07 Å². The first-order chi connectivity index (χ1) is 9.75. The molecule has 104 valence electrons. The molecule has 0 aromatic carbocycles. The van der Waals surface area contributed by atoms with Crippen molar-refractivity contribution in [2.24, 2.45) is 0 Å². The van der Waals surface area contributed by atoms with Crippen LogP contribution in [0.3, 0.4) is 0 Å². The highest BCUT2D eigenvalue weighted by Gasteiger charge is 2.30. The summed E-state index contributed by atoms with van der Waals surface area (Å²) < 4.78 is 2.00. The van der Waals surface area contributed by atoms with E-state index in [4.69, 9.17) is 0 Å². The monoisotopic (exact) mass is 273 g/mol. The summed E-state index contributed by atoms with van der Waals surface area (Å²) in [5, 5.41) is 11.1. The number of pyridine rings is 1. The SMILES string of the molecule is O=[N+]([O-])c1cccnc1N1CCCC1Cn1ccnc1. The fraction of sp³-hybridized carbons (Fsp3) is 0.385. The van der Waals surface area contributed by atoms with Gasteiger partial charge in [0.05, 0.1) is 11.3 Å². The van der Waals surface area contributed by atoms with Gasteiger partial charge in [-0.15, -0.1) is 0 Å². The molecule has 3 heterocycles. The van der Waals surface area contributed by atoms with Crippen LogP contribution >= 0.6 is 0 Å². The number of aromatic nitrogens is 3. The van der Waals surface area contributed by atoms with Crippen molar-refractivity contribution in [3.63, 3.8) is 0 Å². The summed E-state index contributed by atoms with van der Waals surface area (Å²) in [7, 11) is 0. The standard InChI is InChI=1S/C13H15N5O2/c19-18(20)12-4-1-5-15-13(12)17-7-2-3-11(17)9-16-8-6-14-10-16/h1,4-6,8,10-11H,2-3,7,9H2. The fourth-order valence-electron chi connectivity index (χ4n) is 2.69. The number of nitrogens with zero attached hydrogens (tertiary/aromatic N) is 5. The van der Waals surface area contributed by atoms with Crippen molar-refractivity contribution in [3.8, 4) is 0 Å². The van der Waals surface area contributed by atoms with E-state index in [9.17, 15) is 10.1 Å². The van der Waals surface area contributed by atoms with Crippen LogP contribution in [-0.4, -0.2) is 32.0 Å². The van der Waals surface area contributed by atoms with Gasteiger partial charge >= 0.3 is 5.69 Å². The highest BCUT2D eigenvalue weighted by molar-refractivity contribution is 5.58. The molecule has 2 aromatic rings. The van der Waals surface area contributed by atoms with E-state index in [-0.39, 0.29) is 16.7 Å². The van der Waals surface area contributed by atoms with Crippen molar-refractivity contribution in [3.05, 3.63) is 47.2 Å². The molecule has 7 nitrogen and oxygen atoms in total. The van der Waals surface area contributed by atoms with E-state index in [0.717, 1.165) is 25.9 Å². The lowest BCUT2D eigenvalue weighted by atomic mass is 10.2. The molecule has 1 aliphatic rings. The van der Waals surface area contributed by atoms with Crippen LogP contribution in [0.2, 0.25) is 0 Å². The molecule has 0 aliphatic carbocycles. The zero-order valence-corrected chi connectivity index (χ0v) is 10.9. The number of nitro groups is 1. The lowest BCUT2D eigenvalue weighted by Gasteiger charge is -2.25. The zero-order valence-electron chi connectivity index (χ0n) is 10.9. The fourth-order valence-corrected chi connectivity index (χ4v) is 2.69. The molecule has 0 radical (unpaired) electrons. The van der Waals surface area contributed by atoms with Crippen molar-refractivity contribution >= 4 is 11.5 Å². The van der Waals surface area contributed by atoms with Gasteiger partial charge in [-0.05, 0) is 18.9 Å². The summed E-state index contributed by atoms with van der Waals surface area (Å²) in [6.45, 7) is 1.57. The average Bonchev–Trinajstić information content (AvgIpc) is 3.11. The Balaban J connectivity index is 1.87. The van der Waals surface area contributed by atoms with E-state index in [0.29, 0.717) is 5.82 Å². The molecule has 0 saturated carbocycles. The summed E-state index contributed by atoms with van der Waals surface area (Å²) in [6.07, 6.45) is 9.04. The first-order valence-corrected chi connectivity index (χ1v) is 6.57. The van der Waals surface area contributed by atoms with Crippen LogP contribution in [0, 0.1) is 10.1 Å². The van der Waals surface area contributed by atoms with Gasteiger partial charge in [0.2, 0.25) is 5.82 Å². The van der Waals surface area contributed by atoms with Crippen molar-refractivity contribution in [1.82, 2.24) is 14.5 Å². The zero-order chi connectivity index (χ0) is 13.9. The molecular weight excluding hydrogens is 258 g/mol. The maximum Gasteiger partial charge on any atom is 0.311 e. The van der Waals surface area contributed by atoms with Gasteiger partial charge in [0.25, 0.3) is 0 Å². The minimum absolute atomic E-state index is 0.0741. The Labute approximate surface area is 116 Å². The molecule has 0 bridgehead atoms. The van der Waals surface area contributed by atoms with Crippen molar-refractivity contribution in [2.45, 2.75) is 25.4 Å².